The van der Waals surface area contributed by atoms with Crippen LogP contribution < -0.4 is 0 Å². The van der Waals surface area contributed by atoms with Gasteiger partial charge in [0.15, 0.2) is 11.6 Å². The second-order valence-electron chi connectivity index (χ2n) is 10.6. The van der Waals surface area contributed by atoms with Crippen LogP contribution in [0.5, 0.6) is 0 Å². The van der Waals surface area contributed by atoms with Gasteiger partial charge in [-0.2, -0.15) is 10.2 Å². The van der Waals surface area contributed by atoms with Gasteiger partial charge in [-0.25, -0.2) is 19.3 Å². The van der Waals surface area contributed by atoms with Crippen LogP contribution in [0.25, 0.3) is 11.6 Å². The summed E-state index contributed by atoms with van der Waals surface area (Å²) in [7, 11) is 0. The molecule has 0 saturated carbocycles. The van der Waals surface area contributed by atoms with E-state index < -0.39 is 5.41 Å². The molecule has 0 spiro atoms. The number of nitrogens with zero attached hydrogens (tertiary/aromatic N) is 6. The third-order valence-corrected chi connectivity index (χ3v) is 7.97. The molecule has 0 aliphatic rings. The normalized spacial score (nSPS) is 12.0. The zero-order valence-corrected chi connectivity index (χ0v) is 23.3. The Labute approximate surface area is 209 Å². The molecule has 0 aliphatic carbocycles. The zero-order valence-electron chi connectivity index (χ0n) is 23.3. The molecule has 4 heterocycles. The molecule has 0 saturated heterocycles. The molecule has 0 radical (unpaired) electrons. The summed E-state index contributed by atoms with van der Waals surface area (Å²) in [5.41, 5.74) is 13.2. The van der Waals surface area contributed by atoms with Crippen molar-refractivity contribution < 1.29 is 0 Å². The van der Waals surface area contributed by atoms with Crippen molar-refractivity contribution in [2.45, 2.75) is 88.5 Å². The van der Waals surface area contributed by atoms with Crippen LogP contribution >= 0.6 is 0 Å². The zero-order chi connectivity index (χ0) is 26.0. The van der Waals surface area contributed by atoms with Gasteiger partial charge in [0.1, 0.15) is 0 Å². The molecule has 4 rings (SSSR count). The van der Waals surface area contributed by atoms with Crippen molar-refractivity contribution in [2.24, 2.45) is 0 Å². The Hall–Kier alpha value is -3.28. The van der Waals surface area contributed by atoms with Gasteiger partial charge in [-0.3, -0.25) is 0 Å². The standard InChI is InChI=1S/C29H38N6/c1-15-13-34(32-23(15)9)27-21(7)17(3)19(5)25(30-27)29(11,12)26-20(6)18(4)22(8)28(31-26)35-14-16(2)24(10)33-35/h13-14H,1-12H3. The summed E-state index contributed by atoms with van der Waals surface area (Å²) >= 11 is 0. The lowest BCUT2D eigenvalue weighted by atomic mass is 9.78. The molecule has 4 aromatic heterocycles. The second-order valence-corrected chi connectivity index (χ2v) is 10.6. The quantitative estimate of drug-likeness (QED) is 0.353. The third kappa shape index (κ3) is 3.89. The highest BCUT2D eigenvalue weighted by Gasteiger charge is 2.33. The van der Waals surface area contributed by atoms with E-state index in [0.717, 1.165) is 56.7 Å². The summed E-state index contributed by atoms with van der Waals surface area (Å²) in [6.45, 7) is 25.7. The molecular weight excluding hydrogens is 432 g/mol. The summed E-state index contributed by atoms with van der Waals surface area (Å²) < 4.78 is 3.85. The highest BCUT2D eigenvalue weighted by Crippen LogP contribution is 2.38. The van der Waals surface area contributed by atoms with Crippen molar-refractivity contribution in [1.82, 2.24) is 29.5 Å². The van der Waals surface area contributed by atoms with Crippen LogP contribution in [0.1, 0.15) is 81.1 Å². The fourth-order valence-electron chi connectivity index (χ4n) is 4.88. The van der Waals surface area contributed by atoms with E-state index in [4.69, 9.17) is 20.2 Å². The predicted octanol–water partition coefficient (Wildman–Crippen LogP) is 6.26. The van der Waals surface area contributed by atoms with Crippen molar-refractivity contribution in [2.75, 3.05) is 0 Å². The minimum atomic E-state index is -0.428. The van der Waals surface area contributed by atoms with Gasteiger partial charge < -0.3 is 0 Å². The molecule has 0 unspecified atom stereocenters. The Kier molecular flexibility index (Phi) is 5.98. The maximum Gasteiger partial charge on any atom is 0.156 e. The van der Waals surface area contributed by atoms with E-state index in [1.807, 2.05) is 23.2 Å². The van der Waals surface area contributed by atoms with Crippen molar-refractivity contribution >= 4 is 0 Å². The molecule has 0 aromatic carbocycles. The van der Waals surface area contributed by atoms with Crippen LogP contribution in [0.15, 0.2) is 12.4 Å². The Balaban J connectivity index is 1.98. The Morgan fingerprint density at radius 2 is 0.857 bits per heavy atom. The molecule has 0 N–H and O–H groups in total. The summed E-state index contributed by atoms with van der Waals surface area (Å²) in [5.74, 6) is 1.76. The average molecular weight is 471 g/mol. The number of hydrogen-bond donors (Lipinski definition) is 0. The lowest BCUT2D eigenvalue weighted by molar-refractivity contribution is 0.575. The molecule has 6 heteroatoms. The first kappa shape index (κ1) is 24.8. The number of rotatable bonds is 4. The van der Waals surface area contributed by atoms with Gasteiger partial charge in [0.2, 0.25) is 0 Å². The molecular formula is C29H38N6. The van der Waals surface area contributed by atoms with Gasteiger partial charge in [-0.05, 0) is 128 Å². The first-order valence-electron chi connectivity index (χ1n) is 12.3. The summed E-state index contributed by atoms with van der Waals surface area (Å²) in [6, 6.07) is 0. The van der Waals surface area contributed by atoms with E-state index in [1.165, 1.54) is 22.3 Å². The molecule has 35 heavy (non-hydrogen) atoms. The van der Waals surface area contributed by atoms with Gasteiger partial charge in [0, 0.05) is 17.8 Å². The lowest BCUT2D eigenvalue weighted by Gasteiger charge is -2.30. The largest absolute Gasteiger partial charge is 0.232 e. The first-order valence-corrected chi connectivity index (χ1v) is 12.3. The smallest absolute Gasteiger partial charge is 0.156 e. The van der Waals surface area contributed by atoms with E-state index in [-0.39, 0.29) is 0 Å². The maximum atomic E-state index is 5.26. The number of hydrogen-bond acceptors (Lipinski definition) is 4. The number of aryl methyl sites for hydroxylation is 4. The SMILES string of the molecule is Cc1cn(-c2nc(C(C)(C)c3nc(-n4cc(C)c(C)n4)c(C)c(C)c3C)c(C)c(C)c2C)nc1C. The fourth-order valence-corrected chi connectivity index (χ4v) is 4.88. The Morgan fingerprint density at radius 3 is 1.14 bits per heavy atom. The fraction of sp³-hybridized carbons (Fsp3) is 0.448. The molecule has 4 aromatic rings. The second kappa shape index (κ2) is 8.43. The Bertz CT molecular complexity index is 1320. The van der Waals surface area contributed by atoms with Crippen LogP contribution in [0.4, 0.5) is 0 Å². The van der Waals surface area contributed by atoms with Crippen LogP contribution in [-0.4, -0.2) is 29.5 Å². The average Bonchev–Trinajstić information content (AvgIpc) is 3.30. The molecule has 0 fully saturated rings. The minimum Gasteiger partial charge on any atom is -0.232 e. The monoisotopic (exact) mass is 470 g/mol. The highest BCUT2D eigenvalue weighted by molar-refractivity contribution is 5.53. The molecule has 184 valence electrons. The van der Waals surface area contributed by atoms with Crippen LogP contribution in [0.2, 0.25) is 0 Å². The summed E-state index contributed by atoms with van der Waals surface area (Å²) in [5, 5.41) is 9.49. The van der Waals surface area contributed by atoms with Crippen molar-refractivity contribution in [3.05, 3.63) is 79.7 Å². The van der Waals surface area contributed by atoms with Gasteiger partial charge in [-0.15, -0.1) is 0 Å². The number of aromatic nitrogens is 6. The van der Waals surface area contributed by atoms with E-state index in [0.29, 0.717) is 0 Å². The van der Waals surface area contributed by atoms with Gasteiger partial charge in [0.05, 0.1) is 22.8 Å². The van der Waals surface area contributed by atoms with E-state index in [2.05, 4.69) is 81.6 Å². The van der Waals surface area contributed by atoms with Gasteiger partial charge in [0.25, 0.3) is 0 Å². The number of pyridine rings is 2. The predicted molar refractivity (Wildman–Crippen MR) is 142 cm³/mol. The molecule has 6 nitrogen and oxygen atoms in total. The molecule has 0 bridgehead atoms. The third-order valence-electron chi connectivity index (χ3n) is 7.97. The van der Waals surface area contributed by atoms with Crippen LogP contribution in [0.3, 0.4) is 0 Å². The molecule has 0 amide bonds. The van der Waals surface area contributed by atoms with Crippen molar-refractivity contribution in [1.29, 1.82) is 0 Å². The van der Waals surface area contributed by atoms with Crippen LogP contribution in [0, 0.1) is 69.2 Å². The summed E-state index contributed by atoms with van der Waals surface area (Å²) in [6.07, 6.45) is 4.13. The van der Waals surface area contributed by atoms with Crippen molar-refractivity contribution in [3.8, 4) is 11.6 Å². The highest BCUT2D eigenvalue weighted by atomic mass is 15.3. The van der Waals surface area contributed by atoms with E-state index in [9.17, 15) is 0 Å². The summed E-state index contributed by atoms with van der Waals surface area (Å²) in [4.78, 5) is 10.5. The van der Waals surface area contributed by atoms with E-state index >= 15 is 0 Å². The topological polar surface area (TPSA) is 61.4 Å². The Morgan fingerprint density at radius 1 is 0.514 bits per heavy atom. The lowest BCUT2D eigenvalue weighted by Crippen LogP contribution is -2.28. The van der Waals surface area contributed by atoms with Gasteiger partial charge >= 0.3 is 0 Å². The molecule has 0 aliphatic heterocycles. The minimum absolute atomic E-state index is 0.428. The van der Waals surface area contributed by atoms with Gasteiger partial charge in [-0.1, -0.05) is 0 Å². The maximum absolute atomic E-state index is 5.26. The molecule has 0 atom stereocenters. The van der Waals surface area contributed by atoms with Crippen LogP contribution in [-0.2, 0) is 5.41 Å². The first-order chi connectivity index (χ1) is 16.2. The van der Waals surface area contributed by atoms with Crippen molar-refractivity contribution in [3.63, 3.8) is 0 Å². The van der Waals surface area contributed by atoms with E-state index in [1.54, 1.807) is 0 Å².